The highest BCUT2D eigenvalue weighted by atomic mass is 35.5. The second-order valence-corrected chi connectivity index (χ2v) is 7.29. The lowest BCUT2D eigenvalue weighted by molar-refractivity contribution is 0.0977. The molecule has 0 amide bonds. The smallest absolute Gasteiger partial charge is 0.262 e. The molecule has 0 fully saturated rings. The molecule has 1 aliphatic rings. The van der Waals surface area contributed by atoms with Crippen molar-refractivity contribution in [2.75, 3.05) is 0 Å². The van der Waals surface area contributed by atoms with Crippen molar-refractivity contribution in [2.24, 2.45) is 0 Å². The number of fused-ring (bicyclic) bond motifs is 1. The molecule has 0 saturated heterocycles. The number of carbonyl (C=O) groups is 2. The van der Waals surface area contributed by atoms with Crippen molar-refractivity contribution in [3.63, 3.8) is 0 Å². The predicted molar refractivity (Wildman–Crippen MR) is 89.5 cm³/mol. The Labute approximate surface area is 144 Å². The monoisotopic (exact) mass is 361 g/mol. The summed E-state index contributed by atoms with van der Waals surface area (Å²) in [6.07, 6.45) is 0. The van der Waals surface area contributed by atoms with Gasteiger partial charge in [-0.15, -0.1) is 0 Å². The van der Waals surface area contributed by atoms with Gasteiger partial charge in [-0.1, -0.05) is 54.1 Å². The van der Waals surface area contributed by atoms with Gasteiger partial charge in [0.25, 0.3) is 10.0 Å². The first-order valence-corrected chi connectivity index (χ1v) is 8.85. The molecule has 7 heteroatoms. The van der Waals surface area contributed by atoms with Gasteiger partial charge >= 0.3 is 0 Å². The molecule has 1 aliphatic carbocycles. The summed E-state index contributed by atoms with van der Waals surface area (Å²) >= 11 is 5.97. The number of rotatable bonds is 3. The Kier molecular flexibility index (Phi) is 4.03. The minimum Gasteiger partial charge on any atom is -0.287 e. The molecule has 0 bridgehead atoms. The molecular formula is C17H12ClNO4S. The second-order valence-electron chi connectivity index (χ2n) is 5.26. The van der Waals surface area contributed by atoms with Crippen LogP contribution >= 0.6 is 11.6 Å². The van der Waals surface area contributed by atoms with E-state index in [1.807, 2.05) is 0 Å². The largest absolute Gasteiger partial charge is 0.287 e. The van der Waals surface area contributed by atoms with Gasteiger partial charge in [0.2, 0.25) is 11.6 Å². The summed E-state index contributed by atoms with van der Waals surface area (Å²) in [7, 11) is -4.05. The Bertz CT molecular complexity index is 1010. The van der Waals surface area contributed by atoms with E-state index in [2.05, 4.69) is 4.72 Å². The molecule has 1 N–H and O–H groups in total. The van der Waals surface area contributed by atoms with Crippen LogP contribution in [-0.2, 0) is 10.0 Å². The standard InChI is InChI=1S/C17H12ClNO4S/c1-10-6-2-5-9-13(10)24(22,23)19-15-14(18)16(20)11-7-3-4-8-12(11)17(15)21/h2-9,19H,1H3. The van der Waals surface area contributed by atoms with Crippen LogP contribution < -0.4 is 4.72 Å². The third kappa shape index (κ3) is 2.64. The summed E-state index contributed by atoms with van der Waals surface area (Å²) in [5.41, 5.74) is 0.362. The summed E-state index contributed by atoms with van der Waals surface area (Å²) in [5, 5.41) is -0.434. The zero-order valence-corrected chi connectivity index (χ0v) is 14.1. The summed E-state index contributed by atoms with van der Waals surface area (Å²) < 4.78 is 27.3. The first-order valence-electron chi connectivity index (χ1n) is 6.99. The maximum atomic E-state index is 12.6. The predicted octanol–water partition coefficient (Wildman–Crippen LogP) is 2.80. The van der Waals surface area contributed by atoms with Gasteiger partial charge < -0.3 is 0 Å². The average molecular weight is 362 g/mol. The van der Waals surface area contributed by atoms with Crippen LogP contribution in [0.4, 0.5) is 0 Å². The van der Waals surface area contributed by atoms with Gasteiger partial charge in [0.05, 0.1) is 4.90 Å². The molecule has 2 aromatic rings. The Morgan fingerprint density at radius 2 is 1.42 bits per heavy atom. The van der Waals surface area contributed by atoms with Crippen molar-refractivity contribution in [3.05, 3.63) is 76.0 Å². The third-order valence-electron chi connectivity index (χ3n) is 3.68. The number of carbonyl (C=O) groups excluding carboxylic acids is 2. The minimum atomic E-state index is -4.05. The highest BCUT2D eigenvalue weighted by Crippen LogP contribution is 2.28. The summed E-state index contributed by atoms with van der Waals surface area (Å²) in [5.74, 6) is -1.22. The van der Waals surface area contributed by atoms with Crippen molar-refractivity contribution in [1.29, 1.82) is 0 Å². The second kappa shape index (κ2) is 5.89. The van der Waals surface area contributed by atoms with E-state index >= 15 is 0 Å². The number of hydrogen-bond acceptors (Lipinski definition) is 4. The fourth-order valence-corrected chi connectivity index (χ4v) is 4.10. The van der Waals surface area contributed by atoms with E-state index in [-0.39, 0.29) is 16.0 Å². The molecule has 0 heterocycles. The van der Waals surface area contributed by atoms with Crippen LogP contribution in [0.2, 0.25) is 0 Å². The van der Waals surface area contributed by atoms with E-state index in [0.717, 1.165) is 0 Å². The maximum Gasteiger partial charge on any atom is 0.262 e. The van der Waals surface area contributed by atoms with Gasteiger partial charge in [0, 0.05) is 11.1 Å². The number of sulfonamides is 1. The van der Waals surface area contributed by atoms with E-state index in [0.29, 0.717) is 5.56 Å². The van der Waals surface area contributed by atoms with Crippen molar-refractivity contribution in [3.8, 4) is 0 Å². The SMILES string of the molecule is Cc1ccccc1S(=O)(=O)NC1=C(Cl)C(=O)c2ccccc2C1=O. The average Bonchev–Trinajstić information content (AvgIpc) is 2.57. The van der Waals surface area contributed by atoms with Crippen LogP contribution in [0, 0.1) is 6.92 Å². The van der Waals surface area contributed by atoms with Gasteiger partial charge in [-0.25, -0.2) is 8.42 Å². The molecular weight excluding hydrogens is 350 g/mol. The molecule has 0 saturated carbocycles. The summed E-state index contributed by atoms with van der Waals surface area (Å²) in [6, 6.07) is 12.5. The summed E-state index contributed by atoms with van der Waals surface area (Å²) in [4.78, 5) is 24.8. The number of nitrogens with one attached hydrogen (secondary N) is 1. The van der Waals surface area contributed by atoms with Crippen molar-refractivity contribution < 1.29 is 18.0 Å². The third-order valence-corrected chi connectivity index (χ3v) is 5.55. The zero-order chi connectivity index (χ0) is 17.5. The number of halogens is 1. The topological polar surface area (TPSA) is 80.3 Å². The van der Waals surface area contributed by atoms with E-state index in [4.69, 9.17) is 11.6 Å². The van der Waals surface area contributed by atoms with Gasteiger partial charge in [0.15, 0.2) is 0 Å². The molecule has 0 unspecified atom stereocenters. The zero-order valence-electron chi connectivity index (χ0n) is 12.5. The van der Waals surface area contributed by atoms with Gasteiger partial charge in [-0.2, -0.15) is 0 Å². The molecule has 5 nitrogen and oxygen atoms in total. The fraction of sp³-hybridized carbons (Fsp3) is 0.0588. The molecule has 0 radical (unpaired) electrons. The molecule has 0 aliphatic heterocycles. The van der Waals surface area contributed by atoms with Crippen LogP contribution in [0.3, 0.4) is 0 Å². The number of ketones is 2. The van der Waals surface area contributed by atoms with E-state index in [9.17, 15) is 18.0 Å². The molecule has 24 heavy (non-hydrogen) atoms. The van der Waals surface area contributed by atoms with Crippen LogP contribution in [0.25, 0.3) is 0 Å². The van der Waals surface area contributed by atoms with Crippen LogP contribution in [0.1, 0.15) is 26.3 Å². The maximum absolute atomic E-state index is 12.6. The first kappa shape index (κ1) is 16.4. The summed E-state index contributed by atoms with van der Waals surface area (Å²) in [6.45, 7) is 1.63. The van der Waals surface area contributed by atoms with Crippen LogP contribution in [0.5, 0.6) is 0 Å². The Balaban J connectivity index is 2.08. The number of allylic oxidation sites excluding steroid dienone is 2. The minimum absolute atomic E-state index is 0.0149. The van der Waals surface area contributed by atoms with Crippen molar-refractivity contribution in [2.45, 2.75) is 11.8 Å². The molecule has 0 spiro atoms. The quantitative estimate of drug-likeness (QED) is 0.911. The lowest BCUT2D eigenvalue weighted by atomic mass is 9.93. The Morgan fingerprint density at radius 1 is 0.875 bits per heavy atom. The number of hydrogen-bond donors (Lipinski definition) is 1. The van der Waals surface area contributed by atoms with E-state index in [1.165, 1.54) is 18.2 Å². The van der Waals surface area contributed by atoms with E-state index in [1.54, 1.807) is 37.3 Å². The number of Topliss-reactive ketones (excluding diaryl/α,β-unsaturated/α-hetero) is 2. The van der Waals surface area contributed by atoms with Crippen molar-refractivity contribution in [1.82, 2.24) is 4.72 Å². The molecule has 0 atom stereocenters. The fourth-order valence-electron chi connectivity index (χ4n) is 2.48. The molecule has 122 valence electrons. The molecule has 3 rings (SSSR count). The van der Waals surface area contributed by atoms with E-state index < -0.39 is 32.3 Å². The van der Waals surface area contributed by atoms with Crippen molar-refractivity contribution >= 4 is 33.2 Å². The first-order chi connectivity index (χ1) is 11.3. The lowest BCUT2D eigenvalue weighted by Gasteiger charge is -2.19. The van der Waals surface area contributed by atoms with Crippen LogP contribution in [-0.4, -0.2) is 20.0 Å². The molecule has 0 aromatic heterocycles. The number of benzene rings is 2. The van der Waals surface area contributed by atoms with Gasteiger partial charge in [-0.3, -0.25) is 14.3 Å². The highest BCUT2D eigenvalue weighted by molar-refractivity contribution is 7.89. The molecule has 2 aromatic carbocycles. The normalized spacial score (nSPS) is 14.6. The number of aryl methyl sites for hydroxylation is 1. The Hall–Kier alpha value is -2.44. The lowest BCUT2D eigenvalue weighted by Crippen LogP contribution is -2.33. The highest BCUT2D eigenvalue weighted by Gasteiger charge is 2.33. The van der Waals surface area contributed by atoms with Crippen LogP contribution in [0.15, 0.2) is 64.2 Å². The van der Waals surface area contributed by atoms with Gasteiger partial charge in [-0.05, 0) is 18.6 Å². The Morgan fingerprint density at radius 3 is 2.04 bits per heavy atom. The van der Waals surface area contributed by atoms with Gasteiger partial charge in [0.1, 0.15) is 10.7 Å².